The maximum Gasteiger partial charge on any atom is 0.336 e. The Morgan fingerprint density at radius 1 is 0.532 bits per heavy atom. The summed E-state index contributed by atoms with van der Waals surface area (Å²) in [6.45, 7) is 5.84. The van der Waals surface area contributed by atoms with E-state index in [2.05, 4.69) is 72.5 Å². The average Bonchev–Trinajstić information content (AvgIpc) is 2.96. The predicted molar refractivity (Wildman–Crippen MR) is 166 cm³/mol. The zero-order valence-electron chi connectivity index (χ0n) is 26.0. The Kier molecular flexibility index (Phi) is 19.5. The third kappa shape index (κ3) is 19.3. The first-order chi connectivity index (χ1) is 21.9. The molecule has 2 aromatic rings. The summed E-state index contributed by atoms with van der Waals surface area (Å²) in [6, 6.07) is 21.6. The Morgan fingerprint density at radius 2 is 0.809 bits per heavy atom. The van der Waals surface area contributed by atoms with Gasteiger partial charge in [-0.2, -0.15) is 0 Å². The number of nitrogens with zero attached hydrogens (tertiary/aromatic N) is 1. The Bertz CT molecular complexity index is 1150. The molecule has 0 fully saturated rings. The zero-order valence-corrected chi connectivity index (χ0v) is 26.0. The number of aliphatic hydroxyl groups is 2. The lowest BCUT2D eigenvalue weighted by Crippen LogP contribution is -2.42. The van der Waals surface area contributed by atoms with E-state index in [1.807, 2.05) is 0 Å². The maximum absolute atomic E-state index is 10.3. The highest BCUT2D eigenvalue weighted by molar-refractivity contribution is 5.88. The van der Waals surface area contributed by atoms with Crippen LogP contribution in [0.25, 0.3) is 0 Å². The van der Waals surface area contributed by atoms with E-state index < -0.39 is 72.7 Å². The Hall–Kier alpha value is -4.86. The summed E-state index contributed by atoms with van der Waals surface area (Å²) >= 11 is 0. The van der Waals surface area contributed by atoms with Crippen LogP contribution in [0.4, 0.5) is 0 Å². The third-order valence-electron chi connectivity index (χ3n) is 6.58. The number of aliphatic carboxylic acids is 6. The highest BCUT2D eigenvalue weighted by Gasteiger charge is 2.41. The van der Waals surface area contributed by atoms with Crippen molar-refractivity contribution in [2.75, 3.05) is 19.6 Å². The molecule has 260 valence electrons. The standard InChI is InChI=1S/C20H27N.2C6H8O7/c1-2-21(17-9-15-19-11-5-3-6-12-19)18-10-16-20-13-7-4-8-14-20;2*7-3(8)1-6(13,5(11)12)2-4(9)10/h3-8,11-14H,2,9-10,15-18H2,1H3;2*13H,1-2H2,(H,7,8)(H,9,10)(H,11,12). The molecule has 0 radical (unpaired) electrons. The lowest BCUT2D eigenvalue weighted by molar-refractivity contribution is -0.170. The smallest absolute Gasteiger partial charge is 0.336 e. The largest absolute Gasteiger partial charge is 0.481 e. The molecule has 2 aromatic carbocycles. The monoisotopic (exact) mass is 665 g/mol. The van der Waals surface area contributed by atoms with E-state index in [1.54, 1.807) is 0 Å². The van der Waals surface area contributed by atoms with Crippen molar-refractivity contribution >= 4 is 35.8 Å². The summed E-state index contributed by atoms with van der Waals surface area (Å²) < 4.78 is 0. The van der Waals surface area contributed by atoms with Crippen molar-refractivity contribution in [2.24, 2.45) is 0 Å². The molecule has 0 heterocycles. The second-order valence-corrected chi connectivity index (χ2v) is 10.6. The van der Waals surface area contributed by atoms with E-state index in [9.17, 15) is 28.8 Å². The molecule has 0 spiro atoms. The first-order valence-corrected chi connectivity index (χ1v) is 14.5. The average molecular weight is 666 g/mol. The van der Waals surface area contributed by atoms with Crippen LogP contribution in [0.2, 0.25) is 0 Å². The van der Waals surface area contributed by atoms with Gasteiger partial charge in [-0.05, 0) is 56.4 Å². The van der Waals surface area contributed by atoms with Gasteiger partial charge in [0.15, 0.2) is 11.2 Å². The van der Waals surface area contributed by atoms with E-state index in [0.717, 1.165) is 6.54 Å². The number of aryl methyl sites for hydroxylation is 2. The number of rotatable bonds is 19. The normalized spacial score (nSPS) is 10.9. The van der Waals surface area contributed by atoms with Crippen LogP contribution in [0, 0.1) is 0 Å². The molecule has 0 aromatic heterocycles. The van der Waals surface area contributed by atoms with Crippen molar-refractivity contribution in [3.8, 4) is 0 Å². The predicted octanol–water partition coefficient (Wildman–Crippen LogP) is 2.08. The van der Waals surface area contributed by atoms with Crippen LogP contribution < -0.4 is 0 Å². The van der Waals surface area contributed by atoms with Crippen LogP contribution in [0.3, 0.4) is 0 Å². The van der Waals surface area contributed by atoms with Crippen LogP contribution in [-0.4, -0.2) is 112 Å². The molecule has 0 saturated carbocycles. The second kappa shape index (κ2) is 21.8. The van der Waals surface area contributed by atoms with E-state index in [1.165, 1.54) is 49.9 Å². The van der Waals surface area contributed by atoms with Crippen LogP contribution >= 0.6 is 0 Å². The minimum Gasteiger partial charge on any atom is -0.481 e. The highest BCUT2D eigenvalue weighted by Crippen LogP contribution is 2.16. The second-order valence-electron chi connectivity index (χ2n) is 10.6. The third-order valence-corrected chi connectivity index (χ3v) is 6.58. The molecule has 8 N–H and O–H groups in total. The molecule has 0 saturated heterocycles. The van der Waals surface area contributed by atoms with Gasteiger partial charge in [0, 0.05) is 0 Å². The number of benzene rings is 2. The molecule has 2 rings (SSSR count). The summed E-state index contributed by atoms with van der Waals surface area (Å²) in [6.07, 6.45) is 0.310. The molecule has 15 heteroatoms. The minimum atomic E-state index is -2.74. The Labute approximate surface area is 271 Å². The van der Waals surface area contributed by atoms with Gasteiger partial charge in [-0.25, -0.2) is 9.59 Å². The van der Waals surface area contributed by atoms with Gasteiger partial charge in [-0.1, -0.05) is 67.6 Å². The minimum absolute atomic E-state index is 1.14. The summed E-state index contributed by atoms with van der Waals surface area (Å²) in [7, 11) is 0. The molecule has 0 aliphatic rings. The molecule has 0 bridgehead atoms. The topological polar surface area (TPSA) is 267 Å². The van der Waals surface area contributed by atoms with Gasteiger partial charge in [-0.15, -0.1) is 0 Å². The van der Waals surface area contributed by atoms with Crippen LogP contribution in [0.1, 0.15) is 56.6 Å². The fourth-order valence-corrected chi connectivity index (χ4v) is 4.16. The first-order valence-electron chi connectivity index (χ1n) is 14.5. The van der Waals surface area contributed by atoms with Crippen molar-refractivity contribution < 1.29 is 69.6 Å². The van der Waals surface area contributed by atoms with Gasteiger partial charge in [0.2, 0.25) is 0 Å². The summed E-state index contributed by atoms with van der Waals surface area (Å²) in [4.78, 5) is 63.5. The highest BCUT2D eigenvalue weighted by atomic mass is 16.4. The summed E-state index contributed by atoms with van der Waals surface area (Å²) in [5.41, 5.74) is -2.56. The number of carboxylic acids is 6. The molecule has 47 heavy (non-hydrogen) atoms. The van der Waals surface area contributed by atoms with Gasteiger partial charge in [0.1, 0.15) is 0 Å². The molecule has 0 aliphatic heterocycles. The zero-order chi connectivity index (χ0) is 36.0. The van der Waals surface area contributed by atoms with Gasteiger partial charge >= 0.3 is 35.8 Å². The number of carboxylic acid groups (broad SMARTS) is 6. The van der Waals surface area contributed by atoms with Crippen LogP contribution in [0.15, 0.2) is 60.7 Å². The van der Waals surface area contributed by atoms with Gasteiger partial charge < -0.3 is 45.8 Å². The van der Waals surface area contributed by atoms with Crippen molar-refractivity contribution in [3.63, 3.8) is 0 Å². The van der Waals surface area contributed by atoms with Gasteiger partial charge in [-0.3, -0.25) is 19.2 Å². The van der Waals surface area contributed by atoms with Crippen molar-refractivity contribution in [1.29, 1.82) is 0 Å². The van der Waals surface area contributed by atoms with Crippen LogP contribution in [0.5, 0.6) is 0 Å². The van der Waals surface area contributed by atoms with Gasteiger partial charge in [0.25, 0.3) is 0 Å². The molecule has 0 unspecified atom stereocenters. The number of hydrogen-bond donors (Lipinski definition) is 8. The van der Waals surface area contributed by atoms with E-state index in [4.69, 9.17) is 40.9 Å². The number of carbonyl (C=O) groups is 6. The number of hydrogen-bond acceptors (Lipinski definition) is 9. The van der Waals surface area contributed by atoms with Crippen LogP contribution in [-0.2, 0) is 41.6 Å². The van der Waals surface area contributed by atoms with Crippen molar-refractivity contribution in [2.45, 2.75) is 69.5 Å². The fourth-order valence-electron chi connectivity index (χ4n) is 4.16. The fraction of sp³-hybridized carbons (Fsp3) is 0.438. The summed E-state index contributed by atoms with van der Waals surface area (Å²) in [5, 5.41) is 67.6. The molecular formula is C32H43NO14. The SMILES string of the molecule is CCN(CCCc1ccccc1)CCCc1ccccc1.O=C(O)CC(O)(CC(=O)O)C(=O)O.O=C(O)CC(O)(CC(=O)O)C(=O)O. The molecule has 0 aliphatic carbocycles. The van der Waals surface area contributed by atoms with E-state index in [0.29, 0.717) is 0 Å². The quantitative estimate of drug-likeness (QED) is 0.107. The molecule has 0 atom stereocenters. The van der Waals surface area contributed by atoms with E-state index >= 15 is 0 Å². The van der Waals surface area contributed by atoms with Crippen molar-refractivity contribution in [3.05, 3.63) is 71.8 Å². The molecule has 0 amide bonds. The molecular weight excluding hydrogens is 622 g/mol. The van der Waals surface area contributed by atoms with Gasteiger partial charge in [0.05, 0.1) is 25.7 Å². The lowest BCUT2D eigenvalue weighted by atomic mass is 9.96. The molecule has 15 nitrogen and oxygen atoms in total. The first kappa shape index (κ1) is 42.1. The van der Waals surface area contributed by atoms with E-state index in [-0.39, 0.29) is 0 Å². The summed E-state index contributed by atoms with van der Waals surface area (Å²) in [5.74, 6) is -10.0. The maximum atomic E-state index is 10.3. The Balaban J connectivity index is 0.000000714. The lowest BCUT2D eigenvalue weighted by Gasteiger charge is -2.20. The van der Waals surface area contributed by atoms with Crippen molar-refractivity contribution in [1.82, 2.24) is 4.90 Å². The Morgan fingerprint density at radius 3 is 1.02 bits per heavy atom.